The highest BCUT2D eigenvalue weighted by Gasteiger charge is 2.19. The molecule has 0 N–H and O–H groups in total. The van der Waals surface area contributed by atoms with E-state index in [2.05, 4.69) is 0 Å². The van der Waals surface area contributed by atoms with Gasteiger partial charge in [-0.1, -0.05) is 12.8 Å². The van der Waals surface area contributed by atoms with Crippen molar-refractivity contribution in [1.29, 1.82) is 0 Å². The molecule has 0 spiro atoms. The van der Waals surface area contributed by atoms with Crippen molar-refractivity contribution in [2.45, 2.75) is 51.4 Å². The van der Waals surface area contributed by atoms with Crippen LogP contribution in [0, 0.1) is 5.92 Å². The second kappa shape index (κ2) is 6.59. The minimum absolute atomic E-state index is 0.0585. The van der Waals surface area contributed by atoms with Crippen molar-refractivity contribution in [1.82, 2.24) is 0 Å². The van der Waals surface area contributed by atoms with E-state index in [4.69, 9.17) is 4.74 Å². The molecule has 0 bridgehead atoms. The molecule has 0 aromatic heterocycles. The van der Waals surface area contributed by atoms with Gasteiger partial charge in [0.15, 0.2) is 0 Å². The minimum Gasteiger partial charge on any atom is -0.469 e. The number of methoxy groups -OCH3 is 1. The molecule has 0 atom stereocenters. The van der Waals surface area contributed by atoms with Crippen molar-refractivity contribution in [3.8, 4) is 0 Å². The third-order valence-corrected chi connectivity index (χ3v) is 3.05. The van der Waals surface area contributed by atoms with Gasteiger partial charge < -0.3 is 4.74 Å². The lowest BCUT2D eigenvalue weighted by atomic mass is 9.92. The Morgan fingerprint density at radius 1 is 1.13 bits per heavy atom. The first-order valence-corrected chi connectivity index (χ1v) is 5.83. The van der Waals surface area contributed by atoms with Gasteiger partial charge in [-0.25, -0.2) is 0 Å². The summed E-state index contributed by atoms with van der Waals surface area (Å²) >= 11 is 0. The largest absolute Gasteiger partial charge is 0.469 e. The summed E-state index contributed by atoms with van der Waals surface area (Å²) in [5.41, 5.74) is 0. The van der Waals surface area contributed by atoms with Crippen LogP contribution in [-0.2, 0) is 14.3 Å². The minimum atomic E-state index is -0.0816. The van der Waals surface area contributed by atoms with Crippen LogP contribution in [0.3, 0.4) is 0 Å². The Labute approximate surface area is 91.2 Å². The van der Waals surface area contributed by atoms with Crippen molar-refractivity contribution in [3.05, 3.63) is 0 Å². The summed E-state index contributed by atoms with van der Waals surface area (Å²) in [5, 5.41) is 0. The summed E-state index contributed by atoms with van der Waals surface area (Å²) in [5.74, 6) is 0.358. The van der Waals surface area contributed by atoms with Crippen molar-refractivity contribution in [2.24, 2.45) is 5.92 Å². The Bertz CT molecular complexity index is 209. The molecule has 15 heavy (non-hydrogen) atoms. The molecule has 0 unspecified atom stereocenters. The standard InChI is InChI=1S/C12H20O3/c1-15-12(14)10-6-2-4-8-11(13)9-5-3-7-10/h10H,2-9H2,1H3. The predicted octanol–water partition coefficient (Wildman–Crippen LogP) is 2.48. The maximum atomic E-state index is 11.4. The van der Waals surface area contributed by atoms with E-state index >= 15 is 0 Å². The zero-order chi connectivity index (χ0) is 11.1. The molecule has 1 fully saturated rings. The summed E-state index contributed by atoms with van der Waals surface area (Å²) in [7, 11) is 1.45. The van der Waals surface area contributed by atoms with Crippen LogP contribution in [-0.4, -0.2) is 18.9 Å². The van der Waals surface area contributed by atoms with Gasteiger partial charge in [0.1, 0.15) is 5.78 Å². The van der Waals surface area contributed by atoms with Crippen LogP contribution < -0.4 is 0 Å². The van der Waals surface area contributed by atoms with E-state index in [1.54, 1.807) is 0 Å². The van der Waals surface area contributed by atoms with Crippen LogP contribution in [0.25, 0.3) is 0 Å². The first-order valence-electron chi connectivity index (χ1n) is 5.83. The second-order valence-electron chi connectivity index (χ2n) is 4.25. The molecule has 1 aliphatic rings. The molecule has 0 amide bonds. The normalized spacial score (nSPS) is 21.0. The van der Waals surface area contributed by atoms with Gasteiger partial charge in [-0.15, -0.1) is 0 Å². The number of esters is 1. The number of hydrogen-bond acceptors (Lipinski definition) is 3. The van der Waals surface area contributed by atoms with Gasteiger partial charge in [0.2, 0.25) is 0 Å². The summed E-state index contributed by atoms with van der Waals surface area (Å²) < 4.78 is 4.77. The number of rotatable bonds is 1. The number of Topliss-reactive ketones (excluding diaryl/α,β-unsaturated/α-hetero) is 1. The fourth-order valence-corrected chi connectivity index (χ4v) is 2.10. The molecule has 86 valence electrons. The van der Waals surface area contributed by atoms with Crippen LogP contribution in [0.4, 0.5) is 0 Å². The van der Waals surface area contributed by atoms with Crippen molar-refractivity contribution in [2.75, 3.05) is 7.11 Å². The number of ketones is 1. The quantitative estimate of drug-likeness (QED) is 0.627. The Hall–Kier alpha value is -0.860. The summed E-state index contributed by atoms with van der Waals surface area (Å²) in [6.45, 7) is 0. The molecule has 1 rings (SSSR count). The highest BCUT2D eigenvalue weighted by atomic mass is 16.5. The Kier molecular flexibility index (Phi) is 5.37. The first-order chi connectivity index (χ1) is 7.24. The van der Waals surface area contributed by atoms with E-state index < -0.39 is 0 Å². The Morgan fingerprint density at radius 2 is 1.67 bits per heavy atom. The zero-order valence-electron chi connectivity index (χ0n) is 9.46. The number of hydrogen-bond donors (Lipinski definition) is 0. The lowest BCUT2D eigenvalue weighted by molar-refractivity contribution is -0.146. The molecular weight excluding hydrogens is 192 g/mol. The third-order valence-electron chi connectivity index (χ3n) is 3.05. The fourth-order valence-electron chi connectivity index (χ4n) is 2.10. The maximum Gasteiger partial charge on any atom is 0.308 e. The average Bonchev–Trinajstić information content (AvgIpc) is 2.26. The maximum absolute atomic E-state index is 11.4. The lowest BCUT2D eigenvalue weighted by Crippen LogP contribution is -2.17. The number of carbonyl (C=O) groups is 2. The predicted molar refractivity (Wildman–Crippen MR) is 57.4 cm³/mol. The lowest BCUT2D eigenvalue weighted by Gasteiger charge is -2.15. The van der Waals surface area contributed by atoms with Crippen molar-refractivity contribution < 1.29 is 14.3 Å². The van der Waals surface area contributed by atoms with E-state index in [9.17, 15) is 9.59 Å². The van der Waals surface area contributed by atoms with Crippen LogP contribution in [0.15, 0.2) is 0 Å². The van der Waals surface area contributed by atoms with Crippen LogP contribution in [0.1, 0.15) is 51.4 Å². The van der Waals surface area contributed by atoms with Gasteiger partial charge in [0.05, 0.1) is 13.0 Å². The van der Waals surface area contributed by atoms with E-state index in [1.807, 2.05) is 0 Å². The molecule has 0 heterocycles. The summed E-state index contributed by atoms with van der Waals surface area (Å²) in [4.78, 5) is 22.7. The smallest absolute Gasteiger partial charge is 0.308 e. The molecule has 0 aromatic rings. The van der Waals surface area contributed by atoms with E-state index in [0.29, 0.717) is 18.6 Å². The van der Waals surface area contributed by atoms with E-state index in [0.717, 1.165) is 38.5 Å². The summed E-state index contributed by atoms with van der Waals surface area (Å²) in [6.07, 6.45) is 6.90. The van der Waals surface area contributed by atoms with E-state index in [1.165, 1.54) is 7.11 Å². The van der Waals surface area contributed by atoms with Crippen LogP contribution in [0.5, 0.6) is 0 Å². The molecule has 3 nitrogen and oxygen atoms in total. The van der Waals surface area contributed by atoms with Crippen molar-refractivity contribution in [3.63, 3.8) is 0 Å². The zero-order valence-corrected chi connectivity index (χ0v) is 9.46. The molecule has 3 heteroatoms. The number of carbonyl (C=O) groups excluding carboxylic acids is 2. The average molecular weight is 212 g/mol. The highest BCUT2D eigenvalue weighted by Crippen LogP contribution is 2.21. The second-order valence-corrected chi connectivity index (χ2v) is 4.25. The molecule has 1 saturated carbocycles. The molecular formula is C12H20O3. The van der Waals surface area contributed by atoms with Gasteiger partial charge in [0, 0.05) is 12.8 Å². The summed E-state index contributed by atoms with van der Waals surface area (Å²) in [6, 6.07) is 0. The SMILES string of the molecule is COC(=O)C1CCCCC(=O)CCCC1. The van der Waals surface area contributed by atoms with Gasteiger partial charge in [-0.05, 0) is 25.7 Å². The third kappa shape index (κ3) is 4.45. The number of ether oxygens (including phenoxy) is 1. The van der Waals surface area contributed by atoms with Gasteiger partial charge in [-0.2, -0.15) is 0 Å². The van der Waals surface area contributed by atoms with Gasteiger partial charge in [-0.3, -0.25) is 9.59 Å². The molecule has 0 saturated heterocycles. The van der Waals surface area contributed by atoms with Crippen LogP contribution >= 0.6 is 0 Å². The molecule has 1 aliphatic carbocycles. The molecule has 0 radical (unpaired) electrons. The first kappa shape index (κ1) is 12.2. The Morgan fingerprint density at radius 3 is 2.13 bits per heavy atom. The fraction of sp³-hybridized carbons (Fsp3) is 0.833. The molecule has 0 aromatic carbocycles. The topological polar surface area (TPSA) is 43.4 Å². The van der Waals surface area contributed by atoms with Gasteiger partial charge in [0.25, 0.3) is 0 Å². The Balaban J connectivity index is 2.40. The van der Waals surface area contributed by atoms with E-state index in [-0.39, 0.29) is 11.9 Å². The highest BCUT2D eigenvalue weighted by molar-refractivity contribution is 5.78. The molecule has 0 aliphatic heterocycles. The van der Waals surface area contributed by atoms with Gasteiger partial charge >= 0.3 is 5.97 Å². The monoisotopic (exact) mass is 212 g/mol. The van der Waals surface area contributed by atoms with Crippen LogP contribution in [0.2, 0.25) is 0 Å². The van der Waals surface area contributed by atoms with Crippen molar-refractivity contribution >= 4 is 11.8 Å².